The van der Waals surface area contributed by atoms with Crippen molar-refractivity contribution in [1.29, 1.82) is 0 Å². The highest BCUT2D eigenvalue weighted by atomic mass is 32.2. The molecule has 1 aromatic heterocycles. The lowest BCUT2D eigenvalue weighted by molar-refractivity contribution is 0.349. The van der Waals surface area contributed by atoms with Crippen molar-refractivity contribution >= 4 is 23.4 Å². The maximum Gasteiger partial charge on any atom is 0.191 e. The van der Waals surface area contributed by atoms with Crippen molar-refractivity contribution in [3.05, 3.63) is 6.07 Å². The van der Waals surface area contributed by atoms with Gasteiger partial charge >= 0.3 is 0 Å². The number of nitrogens with one attached hydrogen (secondary N) is 2. The SMILES string of the molecule is CCNc1cc(NC2CCCC2(C)C)nc(SC)n1. The maximum absolute atomic E-state index is 4.56. The number of thioether (sulfide) groups is 1. The third-order valence-corrected chi connectivity index (χ3v) is 4.37. The van der Waals surface area contributed by atoms with Crippen LogP contribution in [-0.4, -0.2) is 28.8 Å². The molecule has 0 aliphatic heterocycles. The number of rotatable bonds is 5. The van der Waals surface area contributed by atoms with E-state index in [1.165, 1.54) is 19.3 Å². The van der Waals surface area contributed by atoms with Gasteiger partial charge < -0.3 is 10.6 Å². The van der Waals surface area contributed by atoms with Gasteiger partial charge in [-0.15, -0.1) is 0 Å². The Kier molecular flexibility index (Phi) is 4.55. The summed E-state index contributed by atoms with van der Waals surface area (Å²) in [5, 5.41) is 7.68. The number of hydrogen-bond donors (Lipinski definition) is 2. The zero-order valence-corrected chi connectivity index (χ0v) is 13.1. The molecule has 0 radical (unpaired) electrons. The monoisotopic (exact) mass is 280 g/mol. The number of hydrogen-bond acceptors (Lipinski definition) is 5. The summed E-state index contributed by atoms with van der Waals surface area (Å²) in [4.78, 5) is 9.02. The van der Waals surface area contributed by atoms with Crippen molar-refractivity contribution in [3.8, 4) is 0 Å². The molecule has 5 heteroatoms. The molecule has 1 heterocycles. The van der Waals surface area contributed by atoms with Gasteiger partial charge in [0, 0.05) is 18.7 Å². The lowest BCUT2D eigenvalue weighted by atomic mass is 9.87. The fraction of sp³-hybridized carbons (Fsp3) is 0.714. The number of nitrogens with zero attached hydrogens (tertiary/aromatic N) is 2. The maximum atomic E-state index is 4.56. The van der Waals surface area contributed by atoms with E-state index in [4.69, 9.17) is 0 Å². The van der Waals surface area contributed by atoms with Gasteiger partial charge in [-0.1, -0.05) is 32.0 Å². The first-order valence-corrected chi connectivity index (χ1v) is 8.21. The van der Waals surface area contributed by atoms with E-state index < -0.39 is 0 Å². The summed E-state index contributed by atoms with van der Waals surface area (Å²) in [5.74, 6) is 1.84. The Morgan fingerprint density at radius 2 is 2.11 bits per heavy atom. The van der Waals surface area contributed by atoms with Gasteiger partial charge in [-0.3, -0.25) is 0 Å². The van der Waals surface area contributed by atoms with E-state index in [9.17, 15) is 0 Å². The van der Waals surface area contributed by atoms with Gasteiger partial charge in [-0.05, 0) is 31.4 Å². The van der Waals surface area contributed by atoms with Gasteiger partial charge in [0.1, 0.15) is 11.6 Å². The molecule has 0 bridgehead atoms. The second-order valence-electron chi connectivity index (χ2n) is 5.73. The van der Waals surface area contributed by atoms with Gasteiger partial charge in [-0.2, -0.15) is 0 Å². The van der Waals surface area contributed by atoms with Gasteiger partial charge in [0.25, 0.3) is 0 Å². The van der Waals surface area contributed by atoms with Crippen molar-refractivity contribution in [2.45, 2.75) is 51.2 Å². The molecule has 0 spiro atoms. The molecule has 19 heavy (non-hydrogen) atoms. The minimum absolute atomic E-state index is 0.350. The Balaban J connectivity index is 2.17. The Hall–Kier alpha value is -0.970. The fourth-order valence-corrected chi connectivity index (χ4v) is 3.01. The summed E-state index contributed by atoms with van der Waals surface area (Å²) in [7, 11) is 0. The van der Waals surface area contributed by atoms with Crippen LogP contribution in [0.4, 0.5) is 11.6 Å². The van der Waals surface area contributed by atoms with E-state index in [2.05, 4.69) is 41.4 Å². The fourth-order valence-electron chi connectivity index (χ4n) is 2.63. The van der Waals surface area contributed by atoms with Gasteiger partial charge in [0.15, 0.2) is 5.16 Å². The van der Waals surface area contributed by atoms with Crippen molar-refractivity contribution < 1.29 is 0 Å². The topological polar surface area (TPSA) is 49.8 Å². The molecule has 4 nitrogen and oxygen atoms in total. The molecule has 2 rings (SSSR count). The second-order valence-corrected chi connectivity index (χ2v) is 6.51. The van der Waals surface area contributed by atoms with E-state index in [0.717, 1.165) is 23.3 Å². The Morgan fingerprint density at radius 1 is 1.37 bits per heavy atom. The Labute approximate surface area is 120 Å². The molecule has 1 atom stereocenters. The highest BCUT2D eigenvalue weighted by Gasteiger charge is 2.34. The van der Waals surface area contributed by atoms with Crippen LogP contribution >= 0.6 is 11.8 Å². The molecule has 0 amide bonds. The summed E-state index contributed by atoms with van der Waals surface area (Å²) in [5.41, 5.74) is 0.350. The van der Waals surface area contributed by atoms with Crippen molar-refractivity contribution in [1.82, 2.24) is 9.97 Å². The zero-order valence-electron chi connectivity index (χ0n) is 12.3. The minimum Gasteiger partial charge on any atom is -0.370 e. The van der Waals surface area contributed by atoms with Crippen LogP contribution in [0.5, 0.6) is 0 Å². The van der Waals surface area contributed by atoms with Crippen LogP contribution < -0.4 is 10.6 Å². The summed E-state index contributed by atoms with van der Waals surface area (Å²) in [6.07, 6.45) is 5.81. The van der Waals surface area contributed by atoms with Crippen LogP contribution in [-0.2, 0) is 0 Å². The molecular weight excluding hydrogens is 256 g/mol. The smallest absolute Gasteiger partial charge is 0.191 e. The first-order valence-electron chi connectivity index (χ1n) is 6.98. The molecule has 0 saturated heterocycles. The number of anilines is 2. The van der Waals surface area contributed by atoms with Crippen molar-refractivity contribution in [3.63, 3.8) is 0 Å². The van der Waals surface area contributed by atoms with Crippen LogP contribution in [0.2, 0.25) is 0 Å². The first kappa shape index (κ1) is 14.4. The lowest BCUT2D eigenvalue weighted by Gasteiger charge is -2.28. The highest BCUT2D eigenvalue weighted by Crippen LogP contribution is 2.39. The minimum atomic E-state index is 0.350. The molecular formula is C14H24N4S. The van der Waals surface area contributed by atoms with E-state index >= 15 is 0 Å². The number of aromatic nitrogens is 2. The van der Waals surface area contributed by atoms with Crippen LogP contribution in [0, 0.1) is 5.41 Å². The largest absolute Gasteiger partial charge is 0.370 e. The van der Waals surface area contributed by atoms with Gasteiger partial charge in [0.05, 0.1) is 0 Å². The standard InChI is InChI=1S/C14H24N4S/c1-5-15-11-9-12(18-13(17-11)19-4)16-10-7-6-8-14(10,2)3/h9-10H,5-8H2,1-4H3,(H2,15,16,17,18). The molecule has 1 saturated carbocycles. The predicted octanol–water partition coefficient (Wildman–Crippen LogP) is 3.62. The van der Waals surface area contributed by atoms with E-state index in [0.29, 0.717) is 11.5 Å². The normalized spacial score (nSPS) is 21.4. The van der Waals surface area contributed by atoms with Gasteiger partial charge in [0.2, 0.25) is 0 Å². The zero-order chi connectivity index (χ0) is 13.9. The molecule has 1 fully saturated rings. The van der Waals surface area contributed by atoms with Crippen molar-refractivity contribution in [2.75, 3.05) is 23.4 Å². The second kappa shape index (κ2) is 5.99. The van der Waals surface area contributed by atoms with Crippen molar-refractivity contribution in [2.24, 2.45) is 5.41 Å². The summed E-state index contributed by atoms with van der Waals surface area (Å²) in [6, 6.07) is 2.52. The van der Waals surface area contributed by atoms with E-state index in [1.807, 2.05) is 12.3 Å². The van der Waals surface area contributed by atoms with E-state index in [1.54, 1.807) is 11.8 Å². The Morgan fingerprint density at radius 3 is 2.68 bits per heavy atom. The van der Waals surface area contributed by atoms with Crippen LogP contribution in [0.1, 0.15) is 40.0 Å². The van der Waals surface area contributed by atoms with Crippen LogP contribution in [0.15, 0.2) is 11.2 Å². The quantitative estimate of drug-likeness (QED) is 0.637. The molecule has 1 aliphatic rings. The average molecular weight is 280 g/mol. The summed E-state index contributed by atoms with van der Waals surface area (Å²) < 4.78 is 0. The molecule has 1 unspecified atom stereocenters. The molecule has 1 aliphatic carbocycles. The molecule has 0 aromatic carbocycles. The predicted molar refractivity (Wildman–Crippen MR) is 83.0 cm³/mol. The third kappa shape index (κ3) is 3.53. The third-order valence-electron chi connectivity index (χ3n) is 3.83. The lowest BCUT2D eigenvalue weighted by Crippen LogP contribution is -2.31. The summed E-state index contributed by atoms with van der Waals surface area (Å²) in [6.45, 7) is 7.62. The highest BCUT2D eigenvalue weighted by molar-refractivity contribution is 7.98. The van der Waals surface area contributed by atoms with Gasteiger partial charge in [-0.25, -0.2) is 9.97 Å². The Bertz CT molecular complexity index is 433. The summed E-state index contributed by atoms with van der Waals surface area (Å²) >= 11 is 1.58. The van der Waals surface area contributed by atoms with Crippen LogP contribution in [0.25, 0.3) is 0 Å². The molecule has 1 aromatic rings. The average Bonchev–Trinajstić information content (AvgIpc) is 2.69. The molecule has 106 valence electrons. The first-order chi connectivity index (χ1) is 9.05. The molecule has 2 N–H and O–H groups in total. The van der Waals surface area contributed by atoms with Crippen LogP contribution in [0.3, 0.4) is 0 Å². The van der Waals surface area contributed by atoms with E-state index in [-0.39, 0.29) is 0 Å².